The van der Waals surface area contributed by atoms with E-state index in [0.717, 1.165) is 31.4 Å². The Kier molecular flexibility index (Phi) is 4.54. The molecule has 1 rings (SSSR count). The van der Waals surface area contributed by atoms with Gasteiger partial charge in [0.1, 0.15) is 0 Å². The second kappa shape index (κ2) is 5.20. The third-order valence-corrected chi connectivity index (χ3v) is 2.60. The van der Waals surface area contributed by atoms with E-state index in [0.29, 0.717) is 0 Å². The Morgan fingerprint density at radius 2 is 1.92 bits per heavy atom. The lowest BCUT2D eigenvalue weighted by molar-refractivity contribution is -0.163. The monoisotopic (exact) mass is 236 g/mol. The molecule has 1 aliphatic rings. The molecule has 12 heavy (non-hydrogen) atoms. The van der Waals surface area contributed by atoms with Crippen LogP contribution in [0.25, 0.3) is 0 Å². The van der Waals surface area contributed by atoms with E-state index in [2.05, 4.69) is 22.9 Å². The Labute approximate surface area is 82.7 Å². The summed E-state index contributed by atoms with van der Waals surface area (Å²) in [5.41, 5.74) is 0. The van der Waals surface area contributed by atoms with Crippen LogP contribution in [0.4, 0.5) is 0 Å². The first-order chi connectivity index (χ1) is 5.83. The third-order valence-electron chi connectivity index (χ3n) is 2.20. The average Bonchev–Trinajstić information content (AvgIpc) is 2.51. The summed E-state index contributed by atoms with van der Waals surface area (Å²) in [4.78, 5) is 0. The van der Waals surface area contributed by atoms with Gasteiger partial charge in [-0.25, -0.2) is 0 Å². The minimum atomic E-state index is -0.250. The van der Waals surface area contributed by atoms with Crippen molar-refractivity contribution in [2.75, 3.05) is 18.5 Å². The van der Waals surface area contributed by atoms with Gasteiger partial charge in [0.05, 0.1) is 13.2 Å². The minimum Gasteiger partial charge on any atom is -0.348 e. The quantitative estimate of drug-likeness (QED) is 0.684. The van der Waals surface area contributed by atoms with Crippen LogP contribution >= 0.6 is 15.9 Å². The van der Waals surface area contributed by atoms with Gasteiger partial charge in [0.2, 0.25) is 0 Å². The lowest BCUT2D eigenvalue weighted by Gasteiger charge is -2.26. The van der Waals surface area contributed by atoms with E-state index in [9.17, 15) is 0 Å². The van der Waals surface area contributed by atoms with Gasteiger partial charge >= 0.3 is 0 Å². The minimum absolute atomic E-state index is 0.250. The van der Waals surface area contributed by atoms with Gasteiger partial charge < -0.3 is 9.47 Å². The summed E-state index contributed by atoms with van der Waals surface area (Å²) in [5, 5.41) is 0.955. The molecule has 0 atom stereocenters. The Bertz CT molecular complexity index is 122. The normalized spacial score (nSPS) is 21.5. The predicted molar refractivity (Wildman–Crippen MR) is 52.6 cm³/mol. The van der Waals surface area contributed by atoms with Gasteiger partial charge in [-0.1, -0.05) is 29.3 Å². The van der Waals surface area contributed by atoms with E-state index >= 15 is 0 Å². The third kappa shape index (κ3) is 2.71. The van der Waals surface area contributed by atoms with Crippen LogP contribution in [0.1, 0.15) is 32.6 Å². The van der Waals surface area contributed by atoms with Crippen molar-refractivity contribution in [2.45, 2.75) is 38.4 Å². The molecule has 1 aliphatic heterocycles. The van der Waals surface area contributed by atoms with E-state index in [1.165, 1.54) is 12.8 Å². The highest BCUT2D eigenvalue weighted by Gasteiger charge is 2.34. The number of alkyl halides is 1. The smallest absolute Gasteiger partial charge is 0.169 e. The zero-order chi connectivity index (χ0) is 8.86. The lowest BCUT2D eigenvalue weighted by atomic mass is 10.1. The van der Waals surface area contributed by atoms with E-state index in [4.69, 9.17) is 9.47 Å². The molecular formula is C9H17BrO2. The summed E-state index contributed by atoms with van der Waals surface area (Å²) in [6.45, 7) is 3.71. The molecule has 0 bridgehead atoms. The maximum absolute atomic E-state index is 5.63. The van der Waals surface area contributed by atoms with E-state index < -0.39 is 0 Å². The molecule has 0 unspecified atom stereocenters. The second-order valence-electron chi connectivity index (χ2n) is 3.15. The van der Waals surface area contributed by atoms with Gasteiger partial charge in [-0.05, 0) is 6.42 Å². The number of ether oxygens (including phenoxy) is 2. The van der Waals surface area contributed by atoms with Crippen molar-refractivity contribution in [3.05, 3.63) is 0 Å². The maximum Gasteiger partial charge on any atom is 0.169 e. The van der Waals surface area contributed by atoms with E-state index in [1.54, 1.807) is 0 Å². The number of hydrogen-bond acceptors (Lipinski definition) is 2. The van der Waals surface area contributed by atoms with Crippen molar-refractivity contribution >= 4 is 15.9 Å². The Balaban J connectivity index is 2.35. The van der Waals surface area contributed by atoms with Gasteiger partial charge in [0, 0.05) is 18.2 Å². The van der Waals surface area contributed by atoms with E-state index in [1.807, 2.05) is 0 Å². The molecule has 0 aromatic rings. The summed E-state index contributed by atoms with van der Waals surface area (Å²) >= 11 is 3.43. The molecule has 3 heteroatoms. The summed E-state index contributed by atoms with van der Waals surface area (Å²) in [5.74, 6) is -0.250. The van der Waals surface area contributed by atoms with Crippen molar-refractivity contribution in [3.63, 3.8) is 0 Å². The Morgan fingerprint density at radius 3 is 2.42 bits per heavy atom. The average molecular weight is 237 g/mol. The SMILES string of the molecule is CCCCC1(CCBr)OCCO1. The molecule has 2 nitrogen and oxygen atoms in total. The number of hydrogen-bond donors (Lipinski definition) is 0. The van der Waals surface area contributed by atoms with Gasteiger partial charge in [-0.2, -0.15) is 0 Å². The molecule has 1 saturated heterocycles. The fourth-order valence-electron chi connectivity index (χ4n) is 1.50. The van der Waals surface area contributed by atoms with Gasteiger partial charge in [0.15, 0.2) is 5.79 Å². The topological polar surface area (TPSA) is 18.5 Å². The van der Waals surface area contributed by atoms with Crippen LogP contribution in [0.2, 0.25) is 0 Å². The van der Waals surface area contributed by atoms with Crippen molar-refractivity contribution in [2.24, 2.45) is 0 Å². The van der Waals surface area contributed by atoms with Crippen molar-refractivity contribution in [1.82, 2.24) is 0 Å². The first kappa shape index (κ1) is 10.5. The number of halogens is 1. The van der Waals surface area contributed by atoms with E-state index in [-0.39, 0.29) is 5.79 Å². The Morgan fingerprint density at radius 1 is 1.25 bits per heavy atom. The number of rotatable bonds is 5. The fourth-order valence-corrected chi connectivity index (χ4v) is 2.10. The van der Waals surface area contributed by atoms with Crippen LogP contribution in [0.5, 0.6) is 0 Å². The van der Waals surface area contributed by atoms with Crippen LogP contribution in [0.15, 0.2) is 0 Å². The van der Waals surface area contributed by atoms with Crippen molar-refractivity contribution in [1.29, 1.82) is 0 Å². The summed E-state index contributed by atoms with van der Waals surface area (Å²) in [6.07, 6.45) is 4.39. The van der Waals surface area contributed by atoms with Gasteiger partial charge in [-0.3, -0.25) is 0 Å². The van der Waals surface area contributed by atoms with Crippen molar-refractivity contribution < 1.29 is 9.47 Å². The molecule has 0 radical (unpaired) electrons. The molecule has 0 N–H and O–H groups in total. The molecule has 0 aliphatic carbocycles. The maximum atomic E-state index is 5.63. The zero-order valence-corrected chi connectivity index (χ0v) is 9.23. The highest BCUT2D eigenvalue weighted by atomic mass is 79.9. The molecule has 1 fully saturated rings. The largest absolute Gasteiger partial charge is 0.348 e. The second-order valence-corrected chi connectivity index (χ2v) is 3.94. The van der Waals surface area contributed by atoms with Crippen LogP contribution in [-0.2, 0) is 9.47 Å². The first-order valence-electron chi connectivity index (χ1n) is 4.67. The fraction of sp³-hybridized carbons (Fsp3) is 1.00. The molecule has 0 saturated carbocycles. The molecule has 0 aromatic heterocycles. The molecule has 0 aromatic carbocycles. The molecule has 72 valence electrons. The van der Waals surface area contributed by atoms with Crippen LogP contribution < -0.4 is 0 Å². The van der Waals surface area contributed by atoms with Crippen LogP contribution in [-0.4, -0.2) is 24.3 Å². The molecule has 1 heterocycles. The first-order valence-corrected chi connectivity index (χ1v) is 5.79. The number of unbranched alkanes of at least 4 members (excludes halogenated alkanes) is 1. The molecule has 0 spiro atoms. The zero-order valence-electron chi connectivity index (χ0n) is 7.64. The van der Waals surface area contributed by atoms with Gasteiger partial charge in [-0.15, -0.1) is 0 Å². The summed E-state index contributed by atoms with van der Waals surface area (Å²) < 4.78 is 11.3. The highest BCUT2D eigenvalue weighted by molar-refractivity contribution is 9.09. The summed E-state index contributed by atoms with van der Waals surface area (Å²) in [6, 6.07) is 0. The molecular weight excluding hydrogens is 220 g/mol. The molecule has 0 amide bonds. The standard InChI is InChI=1S/C9H17BrO2/c1-2-3-4-9(5-6-10)11-7-8-12-9/h2-8H2,1H3. The highest BCUT2D eigenvalue weighted by Crippen LogP contribution is 2.29. The van der Waals surface area contributed by atoms with Gasteiger partial charge in [0.25, 0.3) is 0 Å². The van der Waals surface area contributed by atoms with Crippen LogP contribution in [0.3, 0.4) is 0 Å². The summed E-state index contributed by atoms with van der Waals surface area (Å²) in [7, 11) is 0. The lowest BCUT2D eigenvalue weighted by Crippen LogP contribution is -2.30. The van der Waals surface area contributed by atoms with Crippen LogP contribution in [0, 0.1) is 0 Å². The van der Waals surface area contributed by atoms with Crippen molar-refractivity contribution in [3.8, 4) is 0 Å². The Hall–Kier alpha value is 0.400. The predicted octanol–water partition coefficient (Wildman–Crippen LogP) is 2.70.